The van der Waals surface area contributed by atoms with Gasteiger partial charge in [-0.3, -0.25) is 0 Å². The number of para-hydroxylation sites is 2. The number of nitrogens with zero attached hydrogens (tertiary/aromatic N) is 4. The molecular formula is C10H8N4O. The smallest absolute Gasteiger partial charge is 0.217 e. The molecule has 2 heterocycles. The van der Waals surface area contributed by atoms with E-state index in [0.29, 0.717) is 12.4 Å². The quantitative estimate of drug-likeness (QED) is 0.628. The minimum absolute atomic E-state index is 0.509. The van der Waals surface area contributed by atoms with Crippen molar-refractivity contribution in [2.75, 3.05) is 0 Å². The summed E-state index contributed by atoms with van der Waals surface area (Å²) in [4.78, 5) is 8.19. The van der Waals surface area contributed by atoms with Crippen molar-refractivity contribution in [1.82, 2.24) is 19.7 Å². The monoisotopic (exact) mass is 200 g/mol. The third-order valence-corrected chi connectivity index (χ3v) is 2.10. The second-order valence-electron chi connectivity index (χ2n) is 3.17. The molecule has 74 valence electrons. The maximum Gasteiger partial charge on any atom is 0.217 e. The van der Waals surface area contributed by atoms with E-state index in [2.05, 4.69) is 15.1 Å². The van der Waals surface area contributed by atoms with Crippen molar-refractivity contribution in [1.29, 1.82) is 0 Å². The summed E-state index contributed by atoms with van der Waals surface area (Å²) in [5, 5.41) is 3.99. The largest absolute Gasteiger partial charge is 0.439 e. The van der Waals surface area contributed by atoms with Crippen LogP contribution < -0.4 is 0 Å². The highest BCUT2D eigenvalue weighted by Gasteiger charge is 2.05. The second-order valence-corrected chi connectivity index (χ2v) is 3.17. The molecule has 0 unspecified atom stereocenters. The lowest BCUT2D eigenvalue weighted by atomic mass is 10.3. The normalized spacial score (nSPS) is 10.9. The summed E-state index contributed by atoms with van der Waals surface area (Å²) in [7, 11) is 0. The highest BCUT2D eigenvalue weighted by molar-refractivity contribution is 5.72. The Kier molecular flexibility index (Phi) is 1.74. The van der Waals surface area contributed by atoms with E-state index in [4.69, 9.17) is 4.42 Å². The number of aromatic nitrogens is 4. The molecule has 0 saturated heterocycles. The maximum absolute atomic E-state index is 5.54. The molecular weight excluding hydrogens is 192 g/mol. The van der Waals surface area contributed by atoms with Gasteiger partial charge in [0, 0.05) is 0 Å². The number of hydrogen-bond donors (Lipinski definition) is 0. The fraction of sp³-hybridized carbons (Fsp3) is 0.100. The van der Waals surface area contributed by atoms with Crippen LogP contribution in [0.5, 0.6) is 0 Å². The van der Waals surface area contributed by atoms with Crippen molar-refractivity contribution in [2.24, 2.45) is 0 Å². The van der Waals surface area contributed by atoms with E-state index in [-0.39, 0.29) is 0 Å². The van der Waals surface area contributed by atoms with Crippen LogP contribution in [-0.4, -0.2) is 19.7 Å². The van der Waals surface area contributed by atoms with Crippen LogP contribution in [0, 0.1) is 0 Å². The molecule has 15 heavy (non-hydrogen) atoms. The molecule has 3 aromatic rings. The fourth-order valence-corrected chi connectivity index (χ4v) is 1.44. The molecule has 1 aromatic carbocycles. The Morgan fingerprint density at radius 1 is 1.27 bits per heavy atom. The number of oxazole rings is 1. The van der Waals surface area contributed by atoms with Crippen molar-refractivity contribution < 1.29 is 4.42 Å². The molecule has 3 rings (SSSR count). The Balaban J connectivity index is 1.98. The molecule has 5 heteroatoms. The van der Waals surface area contributed by atoms with Crippen molar-refractivity contribution in [3.8, 4) is 0 Å². The van der Waals surface area contributed by atoms with Crippen molar-refractivity contribution >= 4 is 11.1 Å². The van der Waals surface area contributed by atoms with Gasteiger partial charge in [0.1, 0.15) is 24.7 Å². The molecule has 2 aromatic heterocycles. The average molecular weight is 200 g/mol. The zero-order valence-electron chi connectivity index (χ0n) is 7.87. The number of benzene rings is 1. The molecule has 0 N–H and O–H groups in total. The fourth-order valence-electron chi connectivity index (χ4n) is 1.44. The van der Waals surface area contributed by atoms with E-state index in [9.17, 15) is 0 Å². The first kappa shape index (κ1) is 8.16. The maximum atomic E-state index is 5.54. The molecule has 0 atom stereocenters. The first-order valence-electron chi connectivity index (χ1n) is 4.59. The lowest BCUT2D eigenvalue weighted by Crippen LogP contribution is -1.99. The third-order valence-electron chi connectivity index (χ3n) is 2.10. The summed E-state index contributed by atoms with van der Waals surface area (Å²) in [6, 6.07) is 7.67. The highest BCUT2D eigenvalue weighted by atomic mass is 16.3. The van der Waals surface area contributed by atoms with E-state index < -0.39 is 0 Å². The topological polar surface area (TPSA) is 56.7 Å². The Labute approximate surface area is 85.4 Å². The van der Waals surface area contributed by atoms with Gasteiger partial charge < -0.3 is 4.42 Å². The molecule has 5 nitrogen and oxygen atoms in total. The lowest BCUT2D eigenvalue weighted by molar-refractivity contribution is 0.491. The molecule has 0 amide bonds. The molecule has 0 saturated carbocycles. The van der Waals surface area contributed by atoms with Crippen LogP contribution in [0.4, 0.5) is 0 Å². The van der Waals surface area contributed by atoms with Gasteiger partial charge in [0.05, 0.1) is 0 Å². The van der Waals surface area contributed by atoms with E-state index in [1.54, 1.807) is 11.0 Å². The van der Waals surface area contributed by atoms with Crippen LogP contribution in [0.25, 0.3) is 11.1 Å². The van der Waals surface area contributed by atoms with Crippen LogP contribution in [0.1, 0.15) is 5.89 Å². The Morgan fingerprint density at radius 2 is 2.20 bits per heavy atom. The zero-order valence-corrected chi connectivity index (χ0v) is 7.87. The minimum atomic E-state index is 0.509. The summed E-state index contributed by atoms with van der Waals surface area (Å²) in [6.45, 7) is 0.509. The average Bonchev–Trinajstić information content (AvgIpc) is 2.86. The molecule has 0 radical (unpaired) electrons. The number of hydrogen-bond acceptors (Lipinski definition) is 4. The molecule has 0 aliphatic heterocycles. The Morgan fingerprint density at radius 3 is 3.00 bits per heavy atom. The molecule has 0 fully saturated rings. The van der Waals surface area contributed by atoms with Gasteiger partial charge in [-0.15, -0.1) is 0 Å². The van der Waals surface area contributed by atoms with Crippen LogP contribution in [0.2, 0.25) is 0 Å². The van der Waals surface area contributed by atoms with Crippen LogP contribution >= 0.6 is 0 Å². The van der Waals surface area contributed by atoms with Crippen LogP contribution in [-0.2, 0) is 6.54 Å². The lowest BCUT2D eigenvalue weighted by Gasteiger charge is -1.92. The third kappa shape index (κ3) is 1.48. The van der Waals surface area contributed by atoms with Gasteiger partial charge >= 0.3 is 0 Å². The number of fused-ring (bicyclic) bond motifs is 1. The summed E-state index contributed by atoms with van der Waals surface area (Å²) in [5.74, 6) is 0.640. The van der Waals surface area contributed by atoms with Crippen molar-refractivity contribution in [3.63, 3.8) is 0 Å². The van der Waals surface area contributed by atoms with Gasteiger partial charge in [0.2, 0.25) is 5.89 Å². The second kappa shape index (κ2) is 3.20. The summed E-state index contributed by atoms with van der Waals surface area (Å²) in [5.41, 5.74) is 1.67. The van der Waals surface area contributed by atoms with E-state index >= 15 is 0 Å². The Bertz CT molecular complexity index is 537. The van der Waals surface area contributed by atoms with E-state index in [1.807, 2.05) is 24.3 Å². The molecule has 0 spiro atoms. The van der Waals surface area contributed by atoms with Crippen LogP contribution in [0.15, 0.2) is 41.3 Å². The predicted octanol–water partition coefficient (Wildman–Crippen LogP) is 1.47. The SMILES string of the molecule is c1ccc2oc(Cn3cncn3)nc2c1. The van der Waals surface area contributed by atoms with Gasteiger partial charge in [0.25, 0.3) is 0 Å². The highest BCUT2D eigenvalue weighted by Crippen LogP contribution is 2.14. The standard InChI is InChI=1S/C10H8N4O/c1-2-4-9-8(3-1)13-10(15-9)5-14-7-11-6-12-14/h1-4,6-7H,5H2. The number of rotatable bonds is 2. The van der Waals surface area contributed by atoms with Gasteiger partial charge in [-0.25, -0.2) is 14.6 Å². The van der Waals surface area contributed by atoms with E-state index in [1.165, 1.54) is 6.33 Å². The molecule has 0 aliphatic carbocycles. The summed E-state index contributed by atoms with van der Waals surface area (Å²) < 4.78 is 7.21. The predicted molar refractivity (Wildman–Crippen MR) is 53.1 cm³/mol. The van der Waals surface area contributed by atoms with Crippen LogP contribution in [0.3, 0.4) is 0 Å². The van der Waals surface area contributed by atoms with E-state index in [0.717, 1.165) is 11.1 Å². The van der Waals surface area contributed by atoms with Crippen molar-refractivity contribution in [3.05, 3.63) is 42.8 Å². The summed E-state index contributed by atoms with van der Waals surface area (Å²) >= 11 is 0. The molecule has 0 aliphatic rings. The first-order chi connectivity index (χ1) is 7.42. The summed E-state index contributed by atoms with van der Waals surface area (Å²) in [6.07, 6.45) is 3.12. The first-order valence-corrected chi connectivity index (χ1v) is 4.59. The minimum Gasteiger partial charge on any atom is -0.439 e. The van der Waals surface area contributed by atoms with Crippen molar-refractivity contribution in [2.45, 2.75) is 6.54 Å². The Hall–Kier alpha value is -2.17. The zero-order chi connectivity index (χ0) is 10.1. The van der Waals surface area contributed by atoms with Gasteiger partial charge in [0.15, 0.2) is 5.58 Å². The van der Waals surface area contributed by atoms with Gasteiger partial charge in [-0.2, -0.15) is 5.10 Å². The molecule has 0 bridgehead atoms. The van der Waals surface area contributed by atoms with Gasteiger partial charge in [-0.05, 0) is 12.1 Å². The van der Waals surface area contributed by atoms with Gasteiger partial charge in [-0.1, -0.05) is 12.1 Å².